The normalized spacial score (nSPS) is 19.0. The average Bonchev–Trinajstić information content (AvgIpc) is 2.12. The Labute approximate surface area is 35.8 Å². The maximum Gasteiger partial charge on any atom is 0.0364 e. The molecule has 0 bridgehead atoms. The molecule has 1 saturated carbocycles. The molecular formula is C3H4ClN. The Morgan fingerprint density at radius 2 is 2.20 bits per heavy atom. The minimum absolute atomic E-state index is 1.13. The van der Waals surface area contributed by atoms with Crippen LogP contribution < -0.4 is 0 Å². The van der Waals surface area contributed by atoms with E-state index in [1.165, 1.54) is 0 Å². The van der Waals surface area contributed by atoms with Gasteiger partial charge in [0.25, 0.3) is 0 Å². The third-order valence-electron chi connectivity index (χ3n) is 0.593. The third kappa shape index (κ3) is 0.618. The highest BCUT2D eigenvalue weighted by Crippen LogP contribution is 2.14. The lowest BCUT2D eigenvalue weighted by Gasteiger charge is -1.51. The van der Waals surface area contributed by atoms with Gasteiger partial charge in [-0.25, -0.2) is 0 Å². The highest BCUT2D eigenvalue weighted by molar-refractivity contribution is 6.22. The molecule has 0 aromatic rings. The number of hydrogen-bond donors (Lipinski definition) is 0. The second-order valence-electron chi connectivity index (χ2n) is 1.15. The molecule has 0 N–H and O–H groups in total. The smallest absolute Gasteiger partial charge is 0.0364 e. The van der Waals surface area contributed by atoms with Crippen molar-refractivity contribution in [3.8, 4) is 0 Å². The maximum absolute atomic E-state index is 4.99. The fourth-order valence-electron chi connectivity index (χ4n) is 0.140. The third-order valence-corrected chi connectivity index (χ3v) is 0.832. The van der Waals surface area contributed by atoms with E-state index in [0.717, 1.165) is 18.6 Å². The summed E-state index contributed by atoms with van der Waals surface area (Å²) in [6, 6.07) is 0. The predicted octanol–water partition coefficient (Wildman–Crippen LogP) is 1.38. The quantitative estimate of drug-likeness (QED) is 0.425. The molecule has 0 aromatic carbocycles. The van der Waals surface area contributed by atoms with Crippen molar-refractivity contribution >= 4 is 17.5 Å². The number of nitrogens with zero attached hydrogens (tertiary/aromatic N) is 1. The second kappa shape index (κ2) is 0.977. The summed E-state index contributed by atoms with van der Waals surface area (Å²) >= 11 is 4.99. The molecule has 0 aromatic heterocycles. The predicted molar refractivity (Wildman–Crippen MR) is 22.5 cm³/mol. The van der Waals surface area contributed by atoms with Crippen molar-refractivity contribution in [3.63, 3.8) is 0 Å². The highest BCUT2D eigenvalue weighted by atomic mass is 35.5. The van der Waals surface area contributed by atoms with E-state index in [4.69, 9.17) is 11.8 Å². The van der Waals surface area contributed by atoms with E-state index in [1.54, 1.807) is 0 Å². The van der Waals surface area contributed by atoms with Crippen LogP contribution in [0.25, 0.3) is 0 Å². The highest BCUT2D eigenvalue weighted by Gasteiger charge is 2.11. The van der Waals surface area contributed by atoms with Crippen LogP contribution in [0.4, 0.5) is 0 Å². The van der Waals surface area contributed by atoms with Gasteiger partial charge in [0.15, 0.2) is 0 Å². The van der Waals surface area contributed by atoms with Gasteiger partial charge in [-0.1, -0.05) is 0 Å². The van der Waals surface area contributed by atoms with Crippen molar-refractivity contribution in [2.24, 2.45) is 4.51 Å². The summed E-state index contributed by atoms with van der Waals surface area (Å²) in [7, 11) is 0. The fraction of sp³-hybridized carbons (Fsp3) is 0.667. The Morgan fingerprint density at radius 3 is 2.20 bits per heavy atom. The SMILES string of the molecule is ClN=C1CC1. The van der Waals surface area contributed by atoms with Gasteiger partial charge < -0.3 is 0 Å². The summed E-state index contributed by atoms with van der Waals surface area (Å²) in [5.41, 5.74) is 1.15. The zero-order valence-corrected chi connectivity index (χ0v) is 3.50. The van der Waals surface area contributed by atoms with Gasteiger partial charge in [-0.05, 0) is 12.8 Å². The Hall–Kier alpha value is -0.0400. The Kier molecular flexibility index (Phi) is 0.618. The molecule has 1 fully saturated rings. The molecule has 2 heteroatoms. The first-order chi connectivity index (χ1) is 2.43. The van der Waals surface area contributed by atoms with Crippen LogP contribution in [-0.4, -0.2) is 5.71 Å². The van der Waals surface area contributed by atoms with Gasteiger partial charge >= 0.3 is 0 Å². The molecule has 5 heavy (non-hydrogen) atoms. The zero-order chi connectivity index (χ0) is 3.70. The summed E-state index contributed by atoms with van der Waals surface area (Å²) in [6.45, 7) is 0. The van der Waals surface area contributed by atoms with E-state index in [1.807, 2.05) is 0 Å². The molecule has 1 aliphatic rings. The molecule has 1 nitrogen and oxygen atoms in total. The molecule has 1 rings (SSSR count). The summed E-state index contributed by atoms with van der Waals surface area (Å²) in [5.74, 6) is 0. The molecule has 0 saturated heterocycles. The Balaban J connectivity index is 2.46. The molecule has 0 radical (unpaired) electrons. The van der Waals surface area contributed by atoms with Crippen LogP contribution in [0.15, 0.2) is 4.51 Å². The second-order valence-corrected chi connectivity index (χ2v) is 1.32. The van der Waals surface area contributed by atoms with Crippen LogP contribution in [-0.2, 0) is 0 Å². The lowest BCUT2D eigenvalue weighted by Crippen LogP contribution is -1.47. The molecule has 1 aliphatic carbocycles. The first-order valence-corrected chi connectivity index (χ1v) is 1.94. The van der Waals surface area contributed by atoms with Crippen LogP contribution in [0.2, 0.25) is 0 Å². The van der Waals surface area contributed by atoms with E-state index < -0.39 is 0 Å². The van der Waals surface area contributed by atoms with Crippen LogP contribution in [0.1, 0.15) is 12.8 Å². The molecule has 0 aliphatic heterocycles. The topological polar surface area (TPSA) is 12.4 Å². The lowest BCUT2D eigenvalue weighted by atomic mass is 10.9. The van der Waals surface area contributed by atoms with Gasteiger partial charge in [0, 0.05) is 17.5 Å². The molecule has 0 spiro atoms. The van der Waals surface area contributed by atoms with E-state index in [-0.39, 0.29) is 0 Å². The number of hydrogen-bond acceptors (Lipinski definition) is 1. The van der Waals surface area contributed by atoms with Crippen molar-refractivity contribution in [2.75, 3.05) is 0 Å². The number of rotatable bonds is 0. The van der Waals surface area contributed by atoms with Crippen molar-refractivity contribution in [1.82, 2.24) is 0 Å². The summed E-state index contributed by atoms with van der Waals surface area (Å²) < 4.78 is 3.39. The molecule has 28 valence electrons. The van der Waals surface area contributed by atoms with Crippen LogP contribution in [0, 0.1) is 0 Å². The van der Waals surface area contributed by atoms with E-state index in [2.05, 4.69) is 4.51 Å². The first kappa shape index (κ1) is 3.16. The zero-order valence-electron chi connectivity index (χ0n) is 2.74. The molecule has 0 unspecified atom stereocenters. The molecule has 0 amide bonds. The van der Waals surface area contributed by atoms with Gasteiger partial charge in [0.05, 0.1) is 0 Å². The summed E-state index contributed by atoms with van der Waals surface area (Å²) in [6.07, 6.45) is 2.26. The van der Waals surface area contributed by atoms with E-state index >= 15 is 0 Å². The summed E-state index contributed by atoms with van der Waals surface area (Å²) in [4.78, 5) is 0. The van der Waals surface area contributed by atoms with Crippen molar-refractivity contribution < 1.29 is 0 Å². The lowest BCUT2D eigenvalue weighted by molar-refractivity contribution is 1.50. The van der Waals surface area contributed by atoms with Gasteiger partial charge in [-0.2, -0.15) is 4.51 Å². The average molecular weight is 89.5 g/mol. The van der Waals surface area contributed by atoms with Crippen LogP contribution in [0.5, 0.6) is 0 Å². The minimum Gasteiger partial charge on any atom is -0.187 e. The largest absolute Gasteiger partial charge is 0.187 e. The fourth-order valence-corrected chi connectivity index (χ4v) is 0.309. The maximum atomic E-state index is 4.99. The van der Waals surface area contributed by atoms with Crippen molar-refractivity contribution in [3.05, 3.63) is 0 Å². The van der Waals surface area contributed by atoms with E-state index in [9.17, 15) is 0 Å². The van der Waals surface area contributed by atoms with Gasteiger partial charge in [-0.3, -0.25) is 0 Å². The van der Waals surface area contributed by atoms with Crippen molar-refractivity contribution in [2.45, 2.75) is 12.8 Å². The van der Waals surface area contributed by atoms with Gasteiger partial charge in [-0.15, -0.1) is 0 Å². The minimum atomic E-state index is 1.13. The van der Waals surface area contributed by atoms with E-state index in [0.29, 0.717) is 0 Å². The van der Waals surface area contributed by atoms with Gasteiger partial charge in [0.1, 0.15) is 0 Å². The Bertz CT molecular complexity index is 61.3. The molecule has 0 atom stereocenters. The van der Waals surface area contributed by atoms with Crippen molar-refractivity contribution in [1.29, 1.82) is 0 Å². The molecule has 0 heterocycles. The van der Waals surface area contributed by atoms with Crippen LogP contribution >= 0.6 is 11.8 Å². The summed E-state index contributed by atoms with van der Waals surface area (Å²) in [5, 5.41) is 0. The molecular weight excluding hydrogens is 85.5 g/mol. The van der Waals surface area contributed by atoms with Crippen LogP contribution in [0.3, 0.4) is 0 Å². The standard InChI is InChI=1S/C3H4ClN/c4-5-3-1-2-3/h1-2H2. The first-order valence-electron chi connectivity index (χ1n) is 1.60. The Morgan fingerprint density at radius 1 is 1.60 bits per heavy atom. The monoisotopic (exact) mass is 89.0 g/mol. The number of halogens is 1. The van der Waals surface area contributed by atoms with Gasteiger partial charge in [0.2, 0.25) is 0 Å².